The molecule has 0 atom stereocenters. The van der Waals surface area contributed by atoms with Gasteiger partial charge in [0.1, 0.15) is 17.1 Å². The molecule has 4 rings (SSSR count). The summed E-state index contributed by atoms with van der Waals surface area (Å²) in [7, 11) is 2.95. The summed E-state index contributed by atoms with van der Waals surface area (Å²) in [4.78, 5) is 43.2. The van der Waals surface area contributed by atoms with Crippen LogP contribution in [0.15, 0.2) is 81.5 Å². The average Bonchev–Trinajstić information content (AvgIpc) is 3.01. The van der Waals surface area contributed by atoms with Crippen molar-refractivity contribution in [3.63, 3.8) is 0 Å². The number of allylic oxidation sites excluding steroid dienone is 1. The maximum Gasteiger partial charge on any atom is 0.335 e. The second-order valence-corrected chi connectivity index (χ2v) is 8.97. The van der Waals surface area contributed by atoms with E-state index in [1.165, 1.54) is 38.5 Å². The molecule has 1 aromatic heterocycles. The molecular formula is C31H28F2N4O6. The fourth-order valence-corrected chi connectivity index (χ4v) is 4.25. The van der Waals surface area contributed by atoms with Crippen LogP contribution in [0.1, 0.15) is 29.8 Å². The molecule has 10 nitrogen and oxygen atoms in total. The lowest BCUT2D eigenvalue weighted by atomic mass is 10.1. The minimum absolute atomic E-state index is 0.0263. The van der Waals surface area contributed by atoms with Crippen LogP contribution in [0.5, 0.6) is 17.2 Å². The highest BCUT2D eigenvalue weighted by molar-refractivity contribution is 6.03. The summed E-state index contributed by atoms with van der Waals surface area (Å²) in [5.74, 6) is -1.32. The van der Waals surface area contributed by atoms with Crippen molar-refractivity contribution in [2.75, 3.05) is 19.5 Å². The quantitative estimate of drug-likeness (QED) is 0.197. The number of aromatic nitrogens is 2. The number of amides is 1. The third-order valence-electron chi connectivity index (χ3n) is 6.44. The van der Waals surface area contributed by atoms with Crippen molar-refractivity contribution in [2.24, 2.45) is 4.99 Å². The molecule has 0 aliphatic carbocycles. The van der Waals surface area contributed by atoms with E-state index in [2.05, 4.69) is 17.0 Å². The van der Waals surface area contributed by atoms with E-state index in [1.807, 2.05) is 0 Å². The van der Waals surface area contributed by atoms with Gasteiger partial charge in [0.25, 0.3) is 11.5 Å². The number of hydrogen-bond acceptors (Lipinski definition) is 7. The van der Waals surface area contributed by atoms with Crippen molar-refractivity contribution in [1.82, 2.24) is 9.13 Å². The van der Waals surface area contributed by atoms with Crippen LogP contribution in [-0.4, -0.2) is 36.0 Å². The van der Waals surface area contributed by atoms with Crippen LogP contribution in [0, 0.1) is 11.6 Å². The Labute approximate surface area is 245 Å². The molecule has 0 saturated heterocycles. The van der Waals surface area contributed by atoms with Gasteiger partial charge in [-0.1, -0.05) is 0 Å². The van der Waals surface area contributed by atoms with Gasteiger partial charge < -0.3 is 19.5 Å². The number of aryl methyl sites for hydroxylation is 1. The molecule has 0 unspecified atom stereocenters. The van der Waals surface area contributed by atoms with Crippen molar-refractivity contribution < 1.29 is 27.8 Å². The number of methoxy groups -OCH3 is 2. The average molecular weight is 591 g/mol. The van der Waals surface area contributed by atoms with E-state index in [0.717, 1.165) is 33.5 Å². The highest BCUT2D eigenvalue weighted by Gasteiger charge is 2.20. The monoisotopic (exact) mass is 590 g/mol. The number of nitrogens with one attached hydrogen (secondary N) is 1. The molecular weight excluding hydrogens is 562 g/mol. The van der Waals surface area contributed by atoms with Crippen LogP contribution in [0.3, 0.4) is 0 Å². The predicted octanol–water partition coefficient (Wildman–Crippen LogP) is 5.34. The molecule has 0 spiro atoms. The van der Waals surface area contributed by atoms with E-state index >= 15 is 4.39 Å². The molecule has 1 amide bonds. The largest absolute Gasteiger partial charge is 0.493 e. The van der Waals surface area contributed by atoms with Crippen molar-refractivity contribution >= 4 is 29.8 Å². The Morgan fingerprint density at radius 3 is 2.23 bits per heavy atom. The van der Waals surface area contributed by atoms with Gasteiger partial charge in [-0.15, -0.1) is 0 Å². The van der Waals surface area contributed by atoms with Crippen molar-refractivity contribution in [3.8, 4) is 22.9 Å². The van der Waals surface area contributed by atoms with Gasteiger partial charge in [-0.05, 0) is 69.1 Å². The van der Waals surface area contributed by atoms with Crippen LogP contribution in [0.25, 0.3) is 11.4 Å². The van der Waals surface area contributed by atoms with Gasteiger partial charge in [0, 0.05) is 36.1 Å². The van der Waals surface area contributed by atoms with Gasteiger partial charge in [0.15, 0.2) is 23.1 Å². The fraction of sp³-hybridized carbons (Fsp3) is 0.161. The zero-order valence-corrected chi connectivity index (χ0v) is 23.8. The highest BCUT2D eigenvalue weighted by Crippen LogP contribution is 2.39. The zero-order chi connectivity index (χ0) is 31.3. The maximum absolute atomic E-state index is 15.2. The minimum Gasteiger partial charge on any atom is -0.493 e. The third-order valence-corrected chi connectivity index (χ3v) is 6.44. The number of rotatable bonds is 10. The minimum atomic E-state index is -0.918. The van der Waals surface area contributed by atoms with Crippen molar-refractivity contribution in [2.45, 2.75) is 20.4 Å². The Morgan fingerprint density at radius 1 is 0.977 bits per heavy atom. The third kappa shape index (κ3) is 6.22. The van der Waals surface area contributed by atoms with Crippen LogP contribution >= 0.6 is 0 Å². The first kappa shape index (κ1) is 30.4. The number of nitrogens with zero attached hydrogens (tertiary/aromatic N) is 3. The van der Waals surface area contributed by atoms with E-state index in [4.69, 9.17) is 14.2 Å². The van der Waals surface area contributed by atoms with Gasteiger partial charge in [-0.3, -0.25) is 19.1 Å². The summed E-state index contributed by atoms with van der Waals surface area (Å²) in [6.07, 6.45) is 2.74. The maximum atomic E-state index is 15.2. The summed E-state index contributed by atoms with van der Waals surface area (Å²) in [5.41, 5.74) is -1.00. The molecule has 1 N–H and O–H groups in total. The van der Waals surface area contributed by atoms with E-state index < -0.39 is 28.8 Å². The van der Waals surface area contributed by atoms with E-state index in [0.29, 0.717) is 22.7 Å². The molecule has 12 heteroatoms. The highest BCUT2D eigenvalue weighted by atomic mass is 19.1. The fourth-order valence-electron chi connectivity index (χ4n) is 4.25. The summed E-state index contributed by atoms with van der Waals surface area (Å²) >= 11 is 0. The molecule has 0 fully saturated rings. The second kappa shape index (κ2) is 13.0. The first-order chi connectivity index (χ1) is 20.6. The van der Waals surface area contributed by atoms with Crippen molar-refractivity contribution in [3.05, 3.63) is 110 Å². The van der Waals surface area contributed by atoms with Crippen LogP contribution in [0.2, 0.25) is 0 Å². The SMILES string of the molecule is C=Nc1cc(OC)c(OC)cc1/C(=C\C)Oc1ccc(NC(=O)c2cn(CC)c(=O)n(-c3ccc(F)cc3)c2=O)cc1F. The molecule has 0 saturated carbocycles. The number of hydrogen-bond donors (Lipinski definition) is 1. The van der Waals surface area contributed by atoms with Gasteiger partial charge >= 0.3 is 5.69 Å². The Bertz CT molecular complexity index is 1850. The lowest BCUT2D eigenvalue weighted by molar-refractivity contribution is 0.102. The Hall–Kier alpha value is -5.52. The smallest absolute Gasteiger partial charge is 0.335 e. The Kier molecular flexibility index (Phi) is 9.19. The lowest BCUT2D eigenvalue weighted by Crippen LogP contribution is -2.42. The number of carbonyl (C=O) groups excluding carboxylic acids is 1. The van der Waals surface area contributed by atoms with E-state index in [-0.39, 0.29) is 35.0 Å². The first-order valence-electron chi connectivity index (χ1n) is 13.0. The molecule has 0 radical (unpaired) electrons. The molecule has 0 aliphatic rings. The van der Waals surface area contributed by atoms with Gasteiger partial charge in [-0.2, -0.15) is 0 Å². The van der Waals surface area contributed by atoms with E-state index in [1.54, 1.807) is 32.1 Å². The predicted molar refractivity (Wildman–Crippen MR) is 159 cm³/mol. The molecule has 43 heavy (non-hydrogen) atoms. The number of anilines is 1. The molecule has 4 aromatic rings. The first-order valence-corrected chi connectivity index (χ1v) is 13.0. The molecule has 3 aromatic carbocycles. The number of benzene rings is 3. The molecule has 1 heterocycles. The van der Waals surface area contributed by atoms with Crippen LogP contribution in [-0.2, 0) is 6.54 Å². The van der Waals surface area contributed by atoms with Crippen LogP contribution < -0.4 is 30.8 Å². The number of aliphatic imine (C=N–C) groups is 1. The Morgan fingerprint density at radius 2 is 1.65 bits per heavy atom. The van der Waals surface area contributed by atoms with Crippen molar-refractivity contribution in [1.29, 1.82) is 0 Å². The van der Waals surface area contributed by atoms with Gasteiger partial charge in [-0.25, -0.2) is 18.1 Å². The second-order valence-electron chi connectivity index (χ2n) is 8.97. The number of ether oxygens (including phenoxy) is 3. The Balaban J connectivity index is 1.63. The topological polar surface area (TPSA) is 113 Å². The number of carbonyl (C=O) groups is 1. The van der Waals surface area contributed by atoms with E-state index in [9.17, 15) is 18.8 Å². The summed E-state index contributed by atoms with van der Waals surface area (Å²) in [6, 6.07) is 11.6. The standard InChI is InChI=1S/C31H28F2N4O6/c1-6-25(21-15-27(41-4)28(42-5)16-24(21)34-3)43-26-13-10-19(14-23(26)33)35-29(38)22-17-36(7-2)31(40)37(30(22)39)20-11-8-18(32)9-12-20/h6,8-17H,3,7H2,1-2,4-5H3,(H,35,38)/b25-6+. The zero-order valence-electron chi connectivity index (χ0n) is 23.8. The summed E-state index contributed by atoms with van der Waals surface area (Å²) in [5, 5.41) is 2.48. The lowest BCUT2D eigenvalue weighted by Gasteiger charge is -2.16. The normalized spacial score (nSPS) is 11.2. The van der Waals surface area contributed by atoms with Crippen LogP contribution in [0.4, 0.5) is 20.2 Å². The van der Waals surface area contributed by atoms with Gasteiger partial charge in [0.2, 0.25) is 0 Å². The molecule has 0 bridgehead atoms. The summed E-state index contributed by atoms with van der Waals surface area (Å²) < 4.78 is 47.1. The molecule has 0 aliphatic heterocycles. The molecule has 222 valence electrons. The number of halogens is 2. The van der Waals surface area contributed by atoms with Gasteiger partial charge in [0.05, 0.1) is 25.6 Å². The summed E-state index contributed by atoms with van der Waals surface area (Å²) in [6.45, 7) is 7.08.